The van der Waals surface area contributed by atoms with Crippen LogP contribution in [0, 0.1) is 13.7 Å². The molecule has 0 N–H and O–H groups in total. The number of nitro groups is 1. The number of aromatic nitrogens is 1. The van der Waals surface area contributed by atoms with Crippen LogP contribution in [0.25, 0.3) is 0 Å². The molecule has 1 aromatic rings. The molecule has 0 saturated heterocycles. The molecule has 0 aliphatic carbocycles. The highest BCUT2D eigenvalue weighted by molar-refractivity contribution is 14.1. The third kappa shape index (κ3) is 3.56. The molecule has 17 heavy (non-hydrogen) atoms. The lowest BCUT2D eigenvalue weighted by molar-refractivity contribution is -0.393. The Morgan fingerprint density at radius 3 is 2.59 bits per heavy atom. The number of nitrogens with zero attached hydrogens (tertiary/aromatic N) is 2. The van der Waals surface area contributed by atoms with E-state index in [1.807, 2.05) is 0 Å². The number of rotatable bonds is 3. The van der Waals surface area contributed by atoms with Crippen LogP contribution in [0.5, 0.6) is 5.75 Å². The highest BCUT2D eigenvalue weighted by Gasteiger charge is 2.37. The van der Waals surface area contributed by atoms with Crippen molar-refractivity contribution in [3.8, 4) is 5.75 Å². The summed E-state index contributed by atoms with van der Waals surface area (Å²) in [4.78, 5) is 12.8. The third-order valence-corrected chi connectivity index (χ3v) is 2.79. The van der Waals surface area contributed by atoms with E-state index < -0.39 is 22.9 Å². The second-order valence-corrected chi connectivity index (χ2v) is 4.11. The number of hydrogen-bond donors (Lipinski definition) is 0. The van der Waals surface area contributed by atoms with Crippen LogP contribution in [0.15, 0.2) is 6.20 Å². The van der Waals surface area contributed by atoms with Gasteiger partial charge in [0.2, 0.25) is 5.75 Å². The van der Waals surface area contributed by atoms with Gasteiger partial charge in [0.25, 0.3) is 0 Å². The van der Waals surface area contributed by atoms with Crippen molar-refractivity contribution >= 4 is 40.0 Å². The van der Waals surface area contributed by atoms with Gasteiger partial charge >= 0.3 is 12.2 Å². The first-order valence-electron chi connectivity index (χ1n) is 3.89. The summed E-state index contributed by atoms with van der Waals surface area (Å²) < 4.78 is 40.2. The predicted octanol–water partition coefficient (Wildman–Crippen LogP) is 3.23. The Morgan fingerprint density at radius 2 is 2.18 bits per heavy atom. The molecule has 1 heterocycles. The van der Waals surface area contributed by atoms with Gasteiger partial charge in [0.1, 0.15) is 0 Å². The molecule has 5 nitrogen and oxygen atoms in total. The summed E-state index contributed by atoms with van der Waals surface area (Å²) in [5.41, 5.74) is -0.119. The molecule has 1 aromatic heterocycles. The Labute approximate surface area is 111 Å². The summed E-state index contributed by atoms with van der Waals surface area (Å²) in [5, 5.41) is 10.5. The predicted molar refractivity (Wildman–Crippen MR) is 59.8 cm³/mol. The molecule has 10 heteroatoms. The lowest BCUT2D eigenvalue weighted by Gasteiger charge is -2.12. The van der Waals surface area contributed by atoms with Crippen LogP contribution in [0.1, 0.15) is 5.56 Å². The molecule has 0 aliphatic rings. The molecule has 0 bridgehead atoms. The Kier molecular flexibility index (Phi) is 4.36. The van der Waals surface area contributed by atoms with Gasteiger partial charge in [-0.05, 0) is 32.5 Å². The SMILES string of the molecule is O=[N+]([O-])c1ncc(I)c(CCl)c1OC(F)(F)F. The minimum Gasteiger partial charge on any atom is -0.396 e. The van der Waals surface area contributed by atoms with E-state index in [0.717, 1.165) is 6.20 Å². The minimum absolute atomic E-state index is 0.119. The number of pyridine rings is 1. The van der Waals surface area contributed by atoms with Gasteiger partial charge in [-0.2, -0.15) is 0 Å². The van der Waals surface area contributed by atoms with E-state index >= 15 is 0 Å². The molecule has 0 amide bonds. The molecular weight excluding hydrogens is 379 g/mol. The second kappa shape index (κ2) is 5.21. The zero-order valence-electron chi connectivity index (χ0n) is 7.79. The van der Waals surface area contributed by atoms with Gasteiger partial charge in [-0.25, -0.2) is 0 Å². The Balaban J connectivity index is 3.39. The molecule has 0 spiro atoms. The Morgan fingerprint density at radius 1 is 1.59 bits per heavy atom. The van der Waals surface area contributed by atoms with E-state index in [2.05, 4.69) is 9.72 Å². The van der Waals surface area contributed by atoms with Crippen LogP contribution in [-0.4, -0.2) is 16.3 Å². The second-order valence-electron chi connectivity index (χ2n) is 2.68. The van der Waals surface area contributed by atoms with Crippen molar-refractivity contribution in [3.63, 3.8) is 0 Å². The summed E-state index contributed by atoms with van der Waals surface area (Å²) in [7, 11) is 0. The quantitative estimate of drug-likeness (QED) is 0.348. The first kappa shape index (κ1) is 14.2. The fourth-order valence-corrected chi connectivity index (χ4v) is 2.04. The van der Waals surface area contributed by atoms with Crippen molar-refractivity contribution in [1.82, 2.24) is 4.98 Å². The van der Waals surface area contributed by atoms with E-state index in [9.17, 15) is 23.3 Å². The zero-order valence-corrected chi connectivity index (χ0v) is 10.7. The van der Waals surface area contributed by atoms with Crippen molar-refractivity contribution < 1.29 is 22.8 Å². The molecule has 94 valence electrons. The van der Waals surface area contributed by atoms with Crippen molar-refractivity contribution in [2.24, 2.45) is 0 Å². The largest absolute Gasteiger partial charge is 0.573 e. The van der Waals surface area contributed by atoms with Gasteiger partial charge in [0, 0.05) is 5.56 Å². The van der Waals surface area contributed by atoms with E-state index in [4.69, 9.17) is 11.6 Å². The summed E-state index contributed by atoms with van der Waals surface area (Å²) in [6.45, 7) is 0. The zero-order chi connectivity index (χ0) is 13.2. The maximum atomic E-state index is 12.1. The van der Waals surface area contributed by atoms with Crippen LogP contribution in [0.3, 0.4) is 0 Å². The summed E-state index contributed by atoms with van der Waals surface area (Å²) in [6.07, 6.45) is -3.99. The highest BCUT2D eigenvalue weighted by Crippen LogP contribution is 2.36. The molecule has 0 aromatic carbocycles. The van der Waals surface area contributed by atoms with Crippen molar-refractivity contribution in [2.75, 3.05) is 0 Å². The minimum atomic E-state index is -5.04. The van der Waals surface area contributed by atoms with Crippen molar-refractivity contribution in [2.45, 2.75) is 12.2 Å². The lowest BCUT2D eigenvalue weighted by Crippen LogP contribution is -2.19. The van der Waals surface area contributed by atoms with Crippen LogP contribution in [0.4, 0.5) is 19.0 Å². The normalized spacial score (nSPS) is 11.4. The number of halogens is 5. The average Bonchev–Trinajstić information content (AvgIpc) is 2.15. The maximum Gasteiger partial charge on any atom is 0.573 e. The lowest BCUT2D eigenvalue weighted by atomic mass is 10.2. The van der Waals surface area contributed by atoms with E-state index in [0.29, 0.717) is 0 Å². The van der Waals surface area contributed by atoms with Crippen molar-refractivity contribution in [1.29, 1.82) is 0 Å². The first-order chi connectivity index (χ1) is 7.76. The fraction of sp³-hybridized carbons (Fsp3) is 0.286. The topological polar surface area (TPSA) is 65.3 Å². The van der Waals surface area contributed by atoms with Gasteiger partial charge in [0.05, 0.1) is 9.45 Å². The van der Waals surface area contributed by atoms with Gasteiger partial charge in [-0.1, -0.05) is 0 Å². The molecule has 0 radical (unpaired) electrons. The van der Waals surface area contributed by atoms with Crippen LogP contribution < -0.4 is 4.74 Å². The molecule has 1 rings (SSSR count). The molecule has 0 saturated carbocycles. The standard InChI is InChI=1S/C7H3ClF3IN2O3/c8-1-3-4(12)2-13-6(14(15)16)5(3)17-7(9,10)11/h2H,1H2. The van der Waals surface area contributed by atoms with Gasteiger partial charge in [0.15, 0.2) is 6.20 Å². The Bertz CT molecular complexity index is 455. The summed E-state index contributed by atoms with van der Waals surface area (Å²) in [5.74, 6) is -2.34. The van der Waals surface area contributed by atoms with Crippen molar-refractivity contribution in [3.05, 3.63) is 25.4 Å². The average molecular weight is 382 g/mol. The van der Waals surface area contributed by atoms with Gasteiger partial charge in [-0.15, -0.1) is 24.8 Å². The fourth-order valence-electron chi connectivity index (χ4n) is 0.975. The van der Waals surface area contributed by atoms with E-state index in [-0.39, 0.29) is 15.0 Å². The maximum absolute atomic E-state index is 12.1. The van der Waals surface area contributed by atoms with Crippen LogP contribution in [0.2, 0.25) is 0 Å². The molecule has 0 unspecified atom stereocenters. The summed E-state index contributed by atoms with van der Waals surface area (Å²) >= 11 is 7.10. The monoisotopic (exact) mass is 382 g/mol. The molecule has 0 fully saturated rings. The van der Waals surface area contributed by atoms with Gasteiger partial charge < -0.3 is 14.9 Å². The van der Waals surface area contributed by atoms with Crippen LogP contribution in [-0.2, 0) is 5.88 Å². The molecule has 0 atom stereocenters. The Hall–Kier alpha value is -0.840. The highest BCUT2D eigenvalue weighted by atomic mass is 127. The van der Waals surface area contributed by atoms with E-state index in [1.165, 1.54) is 0 Å². The third-order valence-electron chi connectivity index (χ3n) is 1.59. The molecule has 0 aliphatic heterocycles. The van der Waals surface area contributed by atoms with Crippen LogP contribution >= 0.6 is 34.2 Å². The molecular formula is C7H3ClF3IN2O3. The first-order valence-corrected chi connectivity index (χ1v) is 5.51. The number of alkyl halides is 4. The van der Waals surface area contributed by atoms with Gasteiger partial charge in [-0.3, -0.25) is 0 Å². The number of hydrogen-bond acceptors (Lipinski definition) is 4. The summed E-state index contributed by atoms with van der Waals surface area (Å²) in [6, 6.07) is 0. The van der Waals surface area contributed by atoms with E-state index in [1.54, 1.807) is 22.6 Å². The smallest absolute Gasteiger partial charge is 0.396 e. The number of ether oxygens (including phenoxy) is 1.